The Hall–Kier alpha value is -5.30. The number of anilines is 1. The number of carboxylic acids is 2. The molecular weight excluding hydrogens is 610 g/mol. The van der Waals surface area contributed by atoms with E-state index in [4.69, 9.17) is 5.73 Å². The van der Waals surface area contributed by atoms with Crippen molar-refractivity contribution in [3.8, 4) is 5.75 Å². The maximum atomic E-state index is 12.2. The van der Waals surface area contributed by atoms with E-state index in [0.29, 0.717) is 6.07 Å². The lowest BCUT2D eigenvalue weighted by molar-refractivity contribution is 0.0686. The van der Waals surface area contributed by atoms with Gasteiger partial charge in [-0.25, -0.2) is 9.59 Å². The molecule has 0 unspecified atom stereocenters. The number of rotatable bonds is 8. The third-order valence-corrected chi connectivity index (χ3v) is 7.68. The lowest BCUT2D eigenvalue weighted by Gasteiger charge is -2.14. The zero-order valence-corrected chi connectivity index (χ0v) is 23.2. The van der Waals surface area contributed by atoms with Crippen LogP contribution in [0, 0.1) is 6.92 Å². The highest BCUT2D eigenvalue weighted by molar-refractivity contribution is 7.86. The summed E-state index contributed by atoms with van der Waals surface area (Å²) >= 11 is 0. The number of hydrogen-bond donors (Lipinski definition) is 6. The number of carbonyl (C=O) groups is 2. The largest absolute Gasteiger partial charge is 0.505 e. The van der Waals surface area contributed by atoms with Crippen LogP contribution < -0.4 is 5.73 Å². The zero-order valence-electron chi connectivity index (χ0n) is 21.6. The average molecular weight is 630 g/mol. The lowest BCUT2D eigenvalue weighted by atomic mass is 10.0. The molecule has 0 fully saturated rings. The normalized spacial score (nSPS) is 12.3. The van der Waals surface area contributed by atoms with Gasteiger partial charge in [0, 0.05) is 0 Å². The van der Waals surface area contributed by atoms with E-state index in [-0.39, 0.29) is 33.3 Å². The molecular formula is C25H19N5O11S2. The SMILES string of the molecule is Cc1cc2cc(S(=O)(=O)O)c(N=Nc3ccc(S(=O)(=O)O)cc3C(=O)O)c(N)c2c(O)c1N=Nc1ccccc1C(=O)O. The summed E-state index contributed by atoms with van der Waals surface area (Å²) < 4.78 is 66.4. The minimum absolute atomic E-state index is 0.00712. The van der Waals surface area contributed by atoms with Crippen molar-refractivity contribution in [2.75, 3.05) is 5.73 Å². The molecule has 0 bridgehead atoms. The molecule has 16 nitrogen and oxygen atoms in total. The van der Waals surface area contributed by atoms with E-state index >= 15 is 0 Å². The summed E-state index contributed by atoms with van der Waals surface area (Å²) in [5, 5.41) is 45.0. The molecule has 0 atom stereocenters. The number of aryl methyl sites for hydroxylation is 1. The summed E-state index contributed by atoms with van der Waals surface area (Å²) in [5.41, 5.74) is 3.57. The topological polar surface area (TPSA) is 279 Å². The molecule has 0 aromatic heterocycles. The van der Waals surface area contributed by atoms with Crippen molar-refractivity contribution < 1.29 is 50.8 Å². The molecule has 0 saturated heterocycles. The van der Waals surface area contributed by atoms with E-state index in [1.54, 1.807) is 0 Å². The van der Waals surface area contributed by atoms with Crippen molar-refractivity contribution in [1.29, 1.82) is 0 Å². The Balaban J connectivity index is 1.94. The fourth-order valence-electron chi connectivity index (χ4n) is 3.98. The molecule has 4 aromatic rings. The second-order valence-corrected chi connectivity index (χ2v) is 11.6. The van der Waals surface area contributed by atoms with Crippen LogP contribution in [0.2, 0.25) is 0 Å². The monoisotopic (exact) mass is 629 g/mol. The molecule has 0 heterocycles. The Kier molecular flexibility index (Phi) is 7.97. The molecule has 0 amide bonds. The van der Waals surface area contributed by atoms with Crippen LogP contribution >= 0.6 is 0 Å². The smallest absolute Gasteiger partial charge is 0.338 e. The molecule has 0 aliphatic carbocycles. The van der Waals surface area contributed by atoms with Crippen molar-refractivity contribution >= 4 is 71.4 Å². The molecule has 43 heavy (non-hydrogen) atoms. The molecule has 0 spiro atoms. The molecule has 4 rings (SSSR count). The number of fused-ring (bicyclic) bond motifs is 1. The fourth-order valence-corrected chi connectivity index (χ4v) is 5.16. The number of hydrogen-bond acceptors (Lipinski definition) is 12. The highest BCUT2D eigenvalue weighted by Gasteiger charge is 2.25. The number of azo groups is 2. The summed E-state index contributed by atoms with van der Waals surface area (Å²) in [7, 11) is -9.82. The van der Waals surface area contributed by atoms with Crippen molar-refractivity contribution in [2.24, 2.45) is 20.5 Å². The summed E-state index contributed by atoms with van der Waals surface area (Å²) in [6, 6.07) is 10.2. The first kappa shape index (κ1) is 30.7. The number of nitrogen functional groups attached to an aromatic ring is 1. The number of benzene rings is 4. The third kappa shape index (κ3) is 6.16. The first-order valence-corrected chi connectivity index (χ1v) is 14.5. The number of aromatic carboxylic acids is 2. The first-order chi connectivity index (χ1) is 20.0. The van der Waals surface area contributed by atoms with Crippen LogP contribution in [0.25, 0.3) is 10.8 Å². The van der Waals surface area contributed by atoms with Gasteiger partial charge >= 0.3 is 11.9 Å². The fraction of sp³-hybridized carbons (Fsp3) is 0.0400. The van der Waals surface area contributed by atoms with Crippen LogP contribution in [0.3, 0.4) is 0 Å². The van der Waals surface area contributed by atoms with Crippen molar-refractivity contribution in [3.05, 3.63) is 71.3 Å². The van der Waals surface area contributed by atoms with Crippen molar-refractivity contribution in [3.63, 3.8) is 0 Å². The van der Waals surface area contributed by atoms with Gasteiger partial charge in [0.1, 0.15) is 27.6 Å². The Morgan fingerprint density at radius 2 is 1.33 bits per heavy atom. The van der Waals surface area contributed by atoms with Crippen molar-refractivity contribution in [2.45, 2.75) is 16.7 Å². The van der Waals surface area contributed by atoms with Gasteiger partial charge < -0.3 is 21.1 Å². The van der Waals surface area contributed by atoms with Gasteiger partial charge in [0.05, 0.1) is 27.1 Å². The van der Waals surface area contributed by atoms with E-state index in [2.05, 4.69) is 20.5 Å². The van der Waals surface area contributed by atoms with Gasteiger partial charge in [-0.15, -0.1) is 20.5 Å². The van der Waals surface area contributed by atoms with Gasteiger partial charge in [0.25, 0.3) is 20.2 Å². The molecule has 18 heteroatoms. The lowest BCUT2D eigenvalue weighted by Crippen LogP contribution is -2.03. The predicted molar refractivity (Wildman–Crippen MR) is 150 cm³/mol. The molecule has 7 N–H and O–H groups in total. The van der Waals surface area contributed by atoms with Crippen LogP contribution in [-0.4, -0.2) is 53.2 Å². The van der Waals surface area contributed by atoms with Crippen molar-refractivity contribution in [1.82, 2.24) is 0 Å². The second-order valence-electron chi connectivity index (χ2n) is 8.78. The van der Waals surface area contributed by atoms with Crippen LogP contribution in [-0.2, 0) is 20.2 Å². The number of phenolic OH excluding ortho intramolecular Hbond substituents is 1. The van der Waals surface area contributed by atoms with Gasteiger partial charge in [-0.1, -0.05) is 12.1 Å². The molecule has 0 saturated carbocycles. The number of phenols is 1. The van der Waals surface area contributed by atoms with E-state index in [9.17, 15) is 50.8 Å². The molecule has 4 aromatic carbocycles. The summed E-state index contributed by atoms with van der Waals surface area (Å²) in [6.07, 6.45) is 0. The predicted octanol–water partition coefficient (Wildman–Crippen LogP) is 5.16. The minimum atomic E-state index is -5.04. The van der Waals surface area contributed by atoms with Crippen LogP contribution in [0.1, 0.15) is 26.3 Å². The van der Waals surface area contributed by atoms with E-state index < -0.39 is 70.3 Å². The van der Waals surface area contributed by atoms with E-state index in [1.807, 2.05) is 0 Å². The minimum Gasteiger partial charge on any atom is -0.505 e. The molecule has 0 aliphatic rings. The van der Waals surface area contributed by atoms with Gasteiger partial charge in [-0.2, -0.15) is 16.8 Å². The standard InChI is InChI=1S/C25H19N5O11S2/c1-11-8-12-9-18(43(39,40)41)22(30-28-17-7-6-13(42(36,37)38)10-15(17)25(34)35)20(26)19(12)23(31)21(11)29-27-16-5-3-2-4-14(16)24(32)33/h2-10,31H,26H2,1H3,(H,32,33)(H,34,35)(H,36,37,38)(H,39,40,41). The van der Waals surface area contributed by atoms with Gasteiger partial charge in [-0.05, 0) is 60.3 Å². The van der Waals surface area contributed by atoms with Crippen LogP contribution in [0.15, 0.2) is 84.8 Å². The van der Waals surface area contributed by atoms with Crippen LogP contribution in [0.4, 0.5) is 28.4 Å². The first-order valence-electron chi connectivity index (χ1n) is 11.6. The van der Waals surface area contributed by atoms with Gasteiger partial charge in [0.15, 0.2) is 5.75 Å². The highest BCUT2D eigenvalue weighted by Crippen LogP contribution is 2.47. The second kappa shape index (κ2) is 11.2. The van der Waals surface area contributed by atoms with E-state index in [1.165, 1.54) is 37.3 Å². The Bertz CT molecular complexity index is 2130. The number of aromatic hydroxyl groups is 1. The molecule has 222 valence electrons. The zero-order chi connectivity index (χ0) is 31.9. The third-order valence-electron chi connectivity index (χ3n) is 5.96. The molecule has 0 aliphatic heterocycles. The Morgan fingerprint density at radius 1 is 0.744 bits per heavy atom. The highest BCUT2D eigenvalue weighted by atomic mass is 32.2. The average Bonchev–Trinajstić information content (AvgIpc) is 2.90. The summed E-state index contributed by atoms with van der Waals surface area (Å²) in [4.78, 5) is 21.6. The maximum absolute atomic E-state index is 12.2. The number of nitrogens with two attached hydrogens (primary N) is 1. The van der Waals surface area contributed by atoms with Gasteiger partial charge in [0.2, 0.25) is 0 Å². The summed E-state index contributed by atoms with van der Waals surface area (Å²) in [6.45, 7) is 1.48. The quantitative estimate of drug-likeness (QED) is 0.0837. The number of carboxylic acid groups (broad SMARTS) is 2. The van der Waals surface area contributed by atoms with Gasteiger partial charge in [-0.3, -0.25) is 9.11 Å². The van der Waals surface area contributed by atoms with E-state index in [0.717, 1.165) is 18.2 Å². The van der Waals surface area contributed by atoms with Crippen LogP contribution in [0.5, 0.6) is 5.75 Å². The Labute approximate surface area is 242 Å². The Morgan fingerprint density at radius 3 is 1.91 bits per heavy atom. The molecule has 0 radical (unpaired) electrons. The maximum Gasteiger partial charge on any atom is 0.338 e. The number of nitrogens with zero attached hydrogens (tertiary/aromatic N) is 4. The summed E-state index contributed by atoms with van der Waals surface area (Å²) in [5.74, 6) is -3.57.